The van der Waals surface area contributed by atoms with Gasteiger partial charge in [-0.2, -0.15) is 0 Å². The molecule has 2 aliphatic rings. The number of likely N-dealkylation sites (N-methyl/N-ethyl adjacent to an activating group) is 2. The SMILES string of the molecule is CNC1c2cc(OC)ccc2CC1N(C)C1CCOCC1. The normalized spacial score (nSPS) is 26.1. The average Bonchev–Trinajstić information content (AvgIpc) is 2.92. The van der Waals surface area contributed by atoms with Gasteiger partial charge in [0.1, 0.15) is 5.75 Å². The van der Waals surface area contributed by atoms with Gasteiger partial charge in [0.25, 0.3) is 0 Å². The molecule has 0 radical (unpaired) electrons. The summed E-state index contributed by atoms with van der Waals surface area (Å²) in [6.07, 6.45) is 3.39. The summed E-state index contributed by atoms with van der Waals surface area (Å²) in [7, 11) is 6.06. The molecule has 1 saturated heterocycles. The van der Waals surface area contributed by atoms with Crippen molar-refractivity contribution in [1.29, 1.82) is 0 Å². The summed E-state index contributed by atoms with van der Waals surface area (Å²) in [6, 6.07) is 8.01. The second kappa shape index (κ2) is 6.34. The topological polar surface area (TPSA) is 33.7 Å². The molecular weight excluding hydrogens is 264 g/mol. The van der Waals surface area contributed by atoms with Crippen LogP contribution >= 0.6 is 0 Å². The molecule has 0 bridgehead atoms. The largest absolute Gasteiger partial charge is 0.497 e. The lowest BCUT2D eigenvalue weighted by molar-refractivity contribution is 0.0242. The Balaban J connectivity index is 1.81. The number of hydrogen-bond acceptors (Lipinski definition) is 4. The van der Waals surface area contributed by atoms with Gasteiger partial charge in [-0.25, -0.2) is 0 Å². The van der Waals surface area contributed by atoms with E-state index in [2.05, 4.69) is 42.5 Å². The third kappa shape index (κ3) is 2.80. The van der Waals surface area contributed by atoms with E-state index in [1.165, 1.54) is 11.1 Å². The molecule has 0 amide bonds. The first kappa shape index (κ1) is 14.8. The Kier molecular flexibility index (Phi) is 4.48. The van der Waals surface area contributed by atoms with Gasteiger partial charge in [-0.15, -0.1) is 0 Å². The first-order chi connectivity index (χ1) is 10.2. The minimum Gasteiger partial charge on any atom is -0.497 e. The fraction of sp³-hybridized carbons (Fsp3) is 0.647. The summed E-state index contributed by atoms with van der Waals surface area (Å²) in [6.45, 7) is 1.79. The minimum absolute atomic E-state index is 0.378. The minimum atomic E-state index is 0.378. The number of ether oxygens (including phenoxy) is 2. The fourth-order valence-electron chi connectivity index (χ4n) is 3.82. The predicted molar refractivity (Wildman–Crippen MR) is 83.9 cm³/mol. The van der Waals surface area contributed by atoms with Crippen LogP contribution in [-0.4, -0.2) is 51.4 Å². The van der Waals surface area contributed by atoms with E-state index in [-0.39, 0.29) is 0 Å². The lowest BCUT2D eigenvalue weighted by atomic mass is 10.0. The highest BCUT2D eigenvalue weighted by atomic mass is 16.5. The molecule has 4 heteroatoms. The van der Waals surface area contributed by atoms with Gasteiger partial charge < -0.3 is 14.8 Å². The van der Waals surface area contributed by atoms with Crippen molar-refractivity contribution in [2.75, 3.05) is 34.4 Å². The molecule has 0 spiro atoms. The van der Waals surface area contributed by atoms with E-state index in [1.807, 2.05) is 0 Å². The summed E-state index contributed by atoms with van der Waals surface area (Å²) in [5.41, 5.74) is 2.83. The maximum absolute atomic E-state index is 5.50. The Hall–Kier alpha value is -1.10. The van der Waals surface area contributed by atoms with Crippen molar-refractivity contribution >= 4 is 0 Å². The molecule has 1 heterocycles. The van der Waals surface area contributed by atoms with Crippen molar-refractivity contribution < 1.29 is 9.47 Å². The number of methoxy groups -OCH3 is 1. The summed E-state index contributed by atoms with van der Waals surface area (Å²) in [4.78, 5) is 2.57. The van der Waals surface area contributed by atoms with E-state index in [4.69, 9.17) is 9.47 Å². The van der Waals surface area contributed by atoms with E-state index in [0.717, 1.165) is 38.2 Å². The highest BCUT2D eigenvalue weighted by Crippen LogP contribution is 2.37. The van der Waals surface area contributed by atoms with Crippen LogP contribution in [0.1, 0.15) is 30.0 Å². The molecule has 1 aromatic rings. The lowest BCUT2D eigenvalue weighted by Crippen LogP contribution is -2.47. The molecule has 1 aliphatic heterocycles. The zero-order valence-electron chi connectivity index (χ0n) is 13.3. The highest BCUT2D eigenvalue weighted by Gasteiger charge is 2.37. The first-order valence-electron chi connectivity index (χ1n) is 7.88. The second-order valence-electron chi connectivity index (χ2n) is 6.11. The molecule has 0 saturated carbocycles. The van der Waals surface area contributed by atoms with Crippen molar-refractivity contribution in [3.8, 4) is 5.75 Å². The molecule has 2 atom stereocenters. The molecule has 21 heavy (non-hydrogen) atoms. The smallest absolute Gasteiger partial charge is 0.119 e. The Morgan fingerprint density at radius 2 is 2.05 bits per heavy atom. The number of rotatable bonds is 4. The molecule has 1 N–H and O–H groups in total. The van der Waals surface area contributed by atoms with Crippen molar-refractivity contribution in [3.63, 3.8) is 0 Å². The molecule has 0 aromatic heterocycles. The molecule has 4 nitrogen and oxygen atoms in total. The van der Waals surface area contributed by atoms with Crippen molar-refractivity contribution in [3.05, 3.63) is 29.3 Å². The van der Waals surface area contributed by atoms with Gasteiger partial charge >= 0.3 is 0 Å². The highest BCUT2D eigenvalue weighted by molar-refractivity contribution is 5.42. The maximum atomic E-state index is 5.50. The lowest BCUT2D eigenvalue weighted by Gasteiger charge is -2.38. The zero-order valence-corrected chi connectivity index (χ0v) is 13.3. The Labute approximate surface area is 127 Å². The monoisotopic (exact) mass is 290 g/mol. The Bertz CT molecular complexity index is 486. The van der Waals surface area contributed by atoms with Crippen LogP contribution in [-0.2, 0) is 11.2 Å². The Morgan fingerprint density at radius 3 is 2.71 bits per heavy atom. The molecule has 1 aromatic carbocycles. The average molecular weight is 290 g/mol. The number of nitrogens with zero attached hydrogens (tertiary/aromatic N) is 1. The Morgan fingerprint density at radius 1 is 1.29 bits per heavy atom. The maximum Gasteiger partial charge on any atom is 0.119 e. The molecule has 116 valence electrons. The summed E-state index contributed by atoms with van der Waals surface area (Å²) >= 11 is 0. The summed E-state index contributed by atoms with van der Waals surface area (Å²) < 4.78 is 10.9. The van der Waals surface area contributed by atoms with E-state index in [0.29, 0.717) is 18.1 Å². The van der Waals surface area contributed by atoms with Crippen LogP contribution in [0.25, 0.3) is 0 Å². The standard InChI is InChI=1S/C17H26N2O2/c1-18-17-15-11-14(20-3)5-4-12(15)10-16(17)19(2)13-6-8-21-9-7-13/h4-5,11,13,16-18H,6-10H2,1-3H3. The molecule has 1 aliphatic carbocycles. The van der Waals surface area contributed by atoms with Crippen LogP contribution in [0, 0.1) is 0 Å². The summed E-state index contributed by atoms with van der Waals surface area (Å²) in [5.74, 6) is 0.948. The second-order valence-corrected chi connectivity index (χ2v) is 6.11. The summed E-state index contributed by atoms with van der Waals surface area (Å²) in [5, 5.41) is 3.51. The van der Waals surface area contributed by atoms with Crippen molar-refractivity contribution in [1.82, 2.24) is 10.2 Å². The van der Waals surface area contributed by atoms with E-state index < -0.39 is 0 Å². The molecule has 1 fully saturated rings. The molecule has 3 rings (SSSR count). The molecular formula is C17H26N2O2. The van der Waals surface area contributed by atoms with Crippen LogP contribution in [0.5, 0.6) is 5.75 Å². The van der Waals surface area contributed by atoms with E-state index in [1.54, 1.807) is 7.11 Å². The van der Waals surface area contributed by atoms with Gasteiger partial charge in [-0.05, 0) is 56.6 Å². The number of benzene rings is 1. The zero-order chi connectivity index (χ0) is 14.8. The van der Waals surface area contributed by atoms with Gasteiger partial charge in [0.2, 0.25) is 0 Å². The van der Waals surface area contributed by atoms with Crippen LogP contribution in [0.3, 0.4) is 0 Å². The van der Waals surface area contributed by atoms with Gasteiger partial charge in [-0.1, -0.05) is 6.07 Å². The molecule has 2 unspecified atom stereocenters. The third-order valence-electron chi connectivity index (χ3n) is 5.10. The van der Waals surface area contributed by atoms with E-state index >= 15 is 0 Å². The van der Waals surface area contributed by atoms with Crippen LogP contribution < -0.4 is 10.1 Å². The van der Waals surface area contributed by atoms with Gasteiger partial charge in [-0.3, -0.25) is 4.90 Å². The van der Waals surface area contributed by atoms with Crippen molar-refractivity contribution in [2.45, 2.75) is 37.4 Å². The van der Waals surface area contributed by atoms with Gasteiger partial charge in [0.05, 0.1) is 7.11 Å². The van der Waals surface area contributed by atoms with Crippen LogP contribution in [0.2, 0.25) is 0 Å². The van der Waals surface area contributed by atoms with Crippen LogP contribution in [0.15, 0.2) is 18.2 Å². The quantitative estimate of drug-likeness (QED) is 0.919. The van der Waals surface area contributed by atoms with Crippen LogP contribution in [0.4, 0.5) is 0 Å². The van der Waals surface area contributed by atoms with Crippen molar-refractivity contribution in [2.24, 2.45) is 0 Å². The fourth-order valence-corrected chi connectivity index (χ4v) is 3.82. The van der Waals surface area contributed by atoms with E-state index in [9.17, 15) is 0 Å². The first-order valence-corrected chi connectivity index (χ1v) is 7.88. The number of hydrogen-bond donors (Lipinski definition) is 1. The number of nitrogens with one attached hydrogen (secondary N) is 1. The van der Waals surface area contributed by atoms with Gasteiger partial charge in [0, 0.05) is 31.3 Å². The van der Waals surface area contributed by atoms with Gasteiger partial charge in [0.15, 0.2) is 0 Å². The number of fused-ring (bicyclic) bond motifs is 1. The third-order valence-corrected chi connectivity index (χ3v) is 5.10. The predicted octanol–water partition coefficient (Wildman–Crippen LogP) is 1.99.